The van der Waals surface area contributed by atoms with E-state index in [-0.39, 0.29) is 24.3 Å². The number of carbonyl (C=O) groups is 2. The lowest BCUT2D eigenvalue weighted by Crippen LogP contribution is -2.33. The highest BCUT2D eigenvalue weighted by atomic mass is 32.1. The van der Waals surface area contributed by atoms with E-state index in [4.69, 9.17) is 0 Å². The van der Waals surface area contributed by atoms with Gasteiger partial charge in [0.2, 0.25) is 11.8 Å². The third-order valence-electron chi connectivity index (χ3n) is 4.85. The molecule has 3 aromatic rings. The van der Waals surface area contributed by atoms with Crippen LogP contribution in [-0.4, -0.2) is 16.7 Å². The molecule has 1 aromatic heterocycles. The smallest absolute Gasteiger partial charge is 0.226 e. The van der Waals surface area contributed by atoms with Crippen molar-refractivity contribution in [1.29, 1.82) is 0 Å². The van der Waals surface area contributed by atoms with E-state index in [1.807, 2.05) is 72.1 Å². The molecule has 4 nitrogen and oxygen atoms in total. The van der Waals surface area contributed by atoms with Crippen molar-refractivity contribution in [1.82, 2.24) is 4.90 Å². The minimum atomic E-state index is -0.328. The molecule has 2 aromatic carbocycles. The Bertz CT molecular complexity index is 1170. The third-order valence-corrected chi connectivity index (χ3v) is 5.63. The molecule has 1 aliphatic heterocycles. The Hall–Kier alpha value is -3.62. The first kappa shape index (κ1) is 19.7. The molecule has 2 amide bonds. The van der Waals surface area contributed by atoms with Crippen LogP contribution in [0.5, 0.6) is 0 Å². The minimum Gasteiger partial charge on any atom is -0.326 e. The van der Waals surface area contributed by atoms with Gasteiger partial charge in [0, 0.05) is 24.4 Å². The summed E-state index contributed by atoms with van der Waals surface area (Å²) in [5, 5.41) is 4.94. The zero-order chi connectivity index (χ0) is 20.9. The van der Waals surface area contributed by atoms with Crippen LogP contribution in [-0.2, 0) is 9.59 Å². The van der Waals surface area contributed by atoms with Crippen LogP contribution in [0.2, 0.25) is 0 Å². The monoisotopic (exact) mass is 412 g/mol. The maximum absolute atomic E-state index is 12.8. The van der Waals surface area contributed by atoms with Gasteiger partial charge < -0.3 is 10.2 Å². The molecule has 0 saturated carbocycles. The number of anilines is 1. The Kier molecular flexibility index (Phi) is 5.78. The molecule has 0 fully saturated rings. The number of carbonyl (C=O) groups excluding carboxylic acids is 2. The van der Waals surface area contributed by atoms with Gasteiger partial charge in [0.15, 0.2) is 0 Å². The van der Waals surface area contributed by atoms with Crippen LogP contribution >= 0.6 is 11.3 Å². The first-order valence-electron chi connectivity index (χ1n) is 9.61. The van der Waals surface area contributed by atoms with Gasteiger partial charge in [-0.1, -0.05) is 48.2 Å². The number of benzene rings is 2. The lowest BCUT2D eigenvalue weighted by molar-refractivity contribution is -0.129. The Morgan fingerprint density at radius 2 is 1.93 bits per heavy atom. The van der Waals surface area contributed by atoms with Gasteiger partial charge in [-0.25, -0.2) is 0 Å². The predicted molar refractivity (Wildman–Crippen MR) is 121 cm³/mol. The van der Waals surface area contributed by atoms with E-state index >= 15 is 0 Å². The standard InChI is InChI=1S/C25H20N2O2S/c1-18(28)27-14-13-20-7-2-3-10-23(20)24(27)17-25(29)26-21-8-4-6-19(16-21)11-12-22-9-5-15-30-22/h2-10,13-16,24H,17H2,1H3,(H,26,29)/t24-/m1/s1. The maximum Gasteiger partial charge on any atom is 0.226 e. The second-order valence-corrected chi connectivity index (χ2v) is 7.89. The molecule has 1 aliphatic rings. The van der Waals surface area contributed by atoms with E-state index in [0.29, 0.717) is 5.69 Å². The molecule has 1 N–H and O–H groups in total. The molecule has 0 radical (unpaired) electrons. The summed E-state index contributed by atoms with van der Waals surface area (Å²) >= 11 is 1.59. The molecule has 30 heavy (non-hydrogen) atoms. The van der Waals surface area contributed by atoms with Gasteiger partial charge in [-0.3, -0.25) is 9.59 Å². The van der Waals surface area contributed by atoms with Crippen LogP contribution in [0.15, 0.2) is 72.2 Å². The summed E-state index contributed by atoms with van der Waals surface area (Å²) in [7, 11) is 0. The Balaban J connectivity index is 1.50. The molecule has 0 bridgehead atoms. The van der Waals surface area contributed by atoms with Gasteiger partial charge in [-0.2, -0.15) is 0 Å². The normalized spacial score (nSPS) is 14.4. The quantitative estimate of drug-likeness (QED) is 0.612. The number of fused-ring (bicyclic) bond motifs is 1. The summed E-state index contributed by atoms with van der Waals surface area (Å²) < 4.78 is 0. The summed E-state index contributed by atoms with van der Waals surface area (Å²) in [6.07, 6.45) is 3.83. The molecular weight excluding hydrogens is 392 g/mol. The molecular formula is C25H20N2O2S. The largest absolute Gasteiger partial charge is 0.326 e. The van der Waals surface area contributed by atoms with Gasteiger partial charge >= 0.3 is 0 Å². The van der Waals surface area contributed by atoms with E-state index < -0.39 is 0 Å². The van der Waals surface area contributed by atoms with Crippen LogP contribution < -0.4 is 5.32 Å². The number of hydrogen-bond donors (Lipinski definition) is 1. The van der Waals surface area contributed by atoms with Crippen LogP contribution in [0.4, 0.5) is 5.69 Å². The maximum atomic E-state index is 12.8. The fourth-order valence-electron chi connectivity index (χ4n) is 3.46. The van der Waals surface area contributed by atoms with Crippen molar-refractivity contribution in [3.63, 3.8) is 0 Å². The Labute approximate surface area is 179 Å². The van der Waals surface area contributed by atoms with Crippen molar-refractivity contribution in [3.8, 4) is 11.8 Å². The molecule has 0 aliphatic carbocycles. The third kappa shape index (κ3) is 4.51. The second kappa shape index (κ2) is 8.81. The molecule has 148 valence electrons. The molecule has 5 heteroatoms. The fraction of sp³-hybridized carbons (Fsp3) is 0.120. The SMILES string of the molecule is CC(=O)N1C=Cc2ccccc2[C@H]1CC(=O)Nc1cccc(C#Cc2cccs2)c1. The second-order valence-electron chi connectivity index (χ2n) is 6.95. The van der Waals surface area contributed by atoms with E-state index in [2.05, 4.69) is 17.2 Å². The summed E-state index contributed by atoms with van der Waals surface area (Å²) in [6.45, 7) is 1.51. The molecule has 0 unspecified atom stereocenters. The number of nitrogens with one attached hydrogen (secondary N) is 1. The lowest BCUT2D eigenvalue weighted by Gasteiger charge is -2.32. The first-order chi connectivity index (χ1) is 14.6. The highest BCUT2D eigenvalue weighted by Crippen LogP contribution is 2.33. The van der Waals surface area contributed by atoms with Gasteiger partial charge in [0.1, 0.15) is 0 Å². The summed E-state index contributed by atoms with van der Waals surface area (Å²) in [5.41, 5.74) is 3.52. The van der Waals surface area contributed by atoms with Gasteiger partial charge in [-0.15, -0.1) is 11.3 Å². The molecule has 0 saturated heterocycles. The highest BCUT2D eigenvalue weighted by molar-refractivity contribution is 7.10. The number of thiophene rings is 1. The summed E-state index contributed by atoms with van der Waals surface area (Å²) in [4.78, 5) is 27.5. The van der Waals surface area contributed by atoms with Crippen molar-refractivity contribution < 1.29 is 9.59 Å². The van der Waals surface area contributed by atoms with Gasteiger partial charge in [0.05, 0.1) is 17.3 Å². The average molecular weight is 413 g/mol. The molecule has 1 atom stereocenters. The molecule has 4 rings (SSSR count). The van der Waals surface area contributed by atoms with Crippen LogP contribution in [0.1, 0.15) is 41.0 Å². The van der Waals surface area contributed by atoms with Crippen molar-refractivity contribution in [2.75, 3.05) is 5.32 Å². The number of amides is 2. The predicted octanol–water partition coefficient (Wildman–Crippen LogP) is 5.05. The van der Waals surface area contributed by atoms with Gasteiger partial charge in [-0.05, 0) is 46.8 Å². The highest BCUT2D eigenvalue weighted by Gasteiger charge is 2.28. The van der Waals surface area contributed by atoms with E-state index in [1.54, 1.807) is 22.4 Å². The van der Waals surface area contributed by atoms with Crippen molar-refractivity contribution >= 4 is 34.9 Å². The molecule has 2 heterocycles. The zero-order valence-electron chi connectivity index (χ0n) is 16.5. The summed E-state index contributed by atoms with van der Waals surface area (Å²) in [6, 6.07) is 18.9. The van der Waals surface area contributed by atoms with Crippen LogP contribution in [0, 0.1) is 11.8 Å². The Morgan fingerprint density at radius 3 is 2.73 bits per heavy atom. The van der Waals surface area contributed by atoms with Gasteiger partial charge in [0.25, 0.3) is 0 Å². The van der Waals surface area contributed by atoms with E-state index in [0.717, 1.165) is 21.6 Å². The minimum absolute atomic E-state index is 0.0931. The zero-order valence-corrected chi connectivity index (χ0v) is 17.3. The topological polar surface area (TPSA) is 49.4 Å². The average Bonchev–Trinajstić information content (AvgIpc) is 3.26. The van der Waals surface area contributed by atoms with Crippen molar-refractivity contribution in [2.24, 2.45) is 0 Å². The first-order valence-corrected chi connectivity index (χ1v) is 10.5. The fourth-order valence-corrected chi connectivity index (χ4v) is 4.03. The van der Waals surface area contributed by atoms with Crippen LogP contribution in [0.25, 0.3) is 6.08 Å². The van der Waals surface area contributed by atoms with Crippen molar-refractivity contribution in [3.05, 3.63) is 93.8 Å². The number of hydrogen-bond acceptors (Lipinski definition) is 3. The molecule has 0 spiro atoms. The van der Waals surface area contributed by atoms with E-state index in [9.17, 15) is 9.59 Å². The lowest BCUT2D eigenvalue weighted by atomic mass is 9.93. The summed E-state index contributed by atoms with van der Waals surface area (Å²) in [5.74, 6) is 6.00. The van der Waals surface area contributed by atoms with Crippen molar-refractivity contribution in [2.45, 2.75) is 19.4 Å². The number of nitrogens with zero attached hydrogens (tertiary/aromatic N) is 1. The Morgan fingerprint density at radius 1 is 1.07 bits per heavy atom. The van der Waals surface area contributed by atoms with E-state index in [1.165, 1.54) is 6.92 Å². The van der Waals surface area contributed by atoms with Crippen LogP contribution in [0.3, 0.4) is 0 Å². The number of rotatable bonds is 3.